The molecule has 148 valence electrons. The van der Waals surface area contributed by atoms with Gasteiger partial charge in [0.2, 0.25) is 10.0 Å². The third-order valence-corrected chi connectivity index (χ3v) is 7.37. The van der Waals surface area contributed by atoms with Gasteiger partial charge in [0.25, 0.3) is 0 Å². The van der Waals surface area contributed by atoms with Gasteiger partial charge in [0, 0.05) is 25.7 Å². The number of aliphatic hydroxyl groups is 1. The molecule has 6 nitrogen and oxygen atoms in total. The Morgan fingerprint density at radius 2 is 1.89 bits per heavy atom. The van der Waals surface area contributed by atoms with Crippen LogP contribution in [0.25, 0.3) is 11.1 Å². The highest BCUT2D eigenvalue weighted by Gasteiger charge is 2.34. The molecule has 1 aliphatic rings. The highest BCUT2D eigenvalue weighted by atomic mass is 32.2. The van der Waals surface area contributed by atoms with Gasteiger partial charge in [0.05, 0.1) is 23.1 Å². The van der Waals surface area contributed by atoms with E-state index < -0.39 is 10.0 Å². The Morgan fingerprint density at radius 3 is 2.50 bits per heavy atom. The first-order valence-electron chi connectivity index (χ1n) is 9.29. The fourth-order valence-electron chi connectivity index (χ4n) is 3.62. The topological polar surface area (TPSA) is 84.6 Å². The van der Waals surface area contributed by atoms with Crippen molar-refractivity contribution in [1.82, 2.24) is 9.21 Å². The van der Waals surface area contributed by atoms with E-state index in [4.69, 9.17) is 10.4 Å². The van der Waals surface area contributed by atoms with Crippen LogP contribution in [0.15, 0.2) is 47.4 Å². The maximum atomic E-state index is 13.1. The molecular formula is C21H25N3O3S. The number of sulfonamides is 1. The van der Waals surface area contributed by atoms with Crippen molar-refractivity contribution in [3.63, 3.8) is 0 Å². The first-order chi connectivity index (χ1) is 13.4. The van der Waals surface area contributed by atoms with Crippen molar-refractivity contribution >= 4 is 10.0 Å². The van der Waals surface area contributed by atoms with Gasteiger partial charge in [-0.05, 0) is 55.3 Å². The van der Waals surface area contributed by atoms with Crippen molar-refractivity contribution in [2.24, 2.45) is 0 Å². The Labute approximate surface area is 166 Å². The van der Waals surface area contributed by atoms with Crippen LogP contribution in [0.3, 0.4) is 0 Å². The van der Waals surface area contributed by atoms with Crippen LogP contribution in [0.4, 0.5) is 0 Å². The zero-order chi connectivity index (χ0) is 20.3. The molecule has 0 saturated carbocycles. The summed E-state index contributed by atoms with van der Waals surface area (Å²) in [5, 5.41) is 18.0. The maximum Gasteiger partial charge on any atom is 0.243 e. The summed E-state index contributed by atoms with van der Waals surface area (Å²) in [5.74, 6) is 0. The molecule has 0 bridgehead atoms. The zero-order valence-corrected chi connectivity index (χ0v) is 17.0. The molecule has 0 aliphatic carbocycles. The van der Waals surface area contributed by atoms with Crippen LogP contribution in [0.1, 0.15) is 17.5 Å². The molecule has 0 radical (unpaired) electrons. The largest absolute Gasteiger partial charge is 0.395 e. The van der Waals surface area contributed by atoms with Crippen molar-refractivity contribution in [3.8, 4) is 17.2 Å². The monoisotopic (exact) mass is 399 g/mol. The van der Waals surface area contributed by atoms with E-state index in [-0.39, 0.29) is 12.6 Å². The molecule has 28 heavy (non-hydrogen) atoms. The lowest BCUT2D eigenvalue weighted by atomic mass is 10.0. The van der Waals surface area contributed by atoms with E-state index in [1.54, 1.807) is 18.2 Å². The molecule has 1 heterocycles. The van der Waals surface area contributed by atoms with E-state index >= 15 is 0 Å². The van der Waals surface area contributed by atoms with Crippen molar-refractivity contribution in [2.45, 2.75) is 24.3 Å². The predicted octanol–water partition coefficient (Wildman–Crippen LogP) is 2.22. The Bertz CT molecular complexity index is 981. The van der Waals surface area contributed by atoms with Gasteiger partial charge in [-0.1, -0.05) is 24.3 Å². The molecule has 1 aliphatic heterocycles. The molecule has 1 fully saturated rings. The van der Waals surface area contributed by atoms with E-state index in [9.17, 15) is 8.42 Å². The Hall–Kier alpha value is -2.24. The highest BCUT2D eigenvalue weighted by Crippen LogP contribution is 2.29. The minimum Gasteiger partial charge on any atom is -0.395 e. The van der Waals surface area contributed by atoms with Gasteiger partial charge in [0.1, 0.15) is 0 Å². The SMILES string of the molecule is Cc1cc(-c2ccc(C#N)cc2)ccc1S(=O)(=O)N1CCC(N(C)CCO)C1. The van der Waals surface area contributed by atoms with Gasteiger partial charge >= 0.3 is 0 Å². The lowest BCUT2D eigenvalue weighted by Gasteiger charge is -2.24. The van der Waals surface area contributed by atoms with Crippen molar-refractivity contribution in [2.75, 3.05) is 33.3 Å². The number of nitrogens with zero attached hydrogens (tertiary/aromatic N) is 3. The summed E-state index contributed by atoms with van der Waals surface area (Å²) < 4.78 is 27.8. The fraction of sp³-hybridized carbons (Fsp3) is 0.381. The Morgan fingerprint density at radius 1 is 1.21 bits per heavy atom. The van der Waals surface area contributed by atoms with Gasteiger partial charge in [0.15, 0.2) is 0 Å². The van der Waals surface area contributed by atoms with Crippen LogP contribution < -0.4 is 0 Å². The summed E-state index contributed by atoms with van der Waals surface area (Å²) in [7, 11) is -1.65. The second kappa shape index (κ2) is 8.41. The van der Waals surface area contributed by atoms with Crippen molar-refractivity contribution in [1.29, 1.82) is 5.26 Å². The second-order valence-electron chi connectivity index (χ2n) is 7.18. The van der Waals surface area contributed by atoms with Crippen LogP contribution >= 0.6 is 0 Å². The fourth-order valence-corrected chi connectivity index (χ4v) is 5.32. The summed E-state index contributed by atoms with van der Waals surface area (Å²) in [6.45, 7) is 3.34. The van der Waals surface area contributed by atoms with Gasteiger partial charge in [-0.2, -0.15) is 9.57 Å². The lowest BCUT2D eigenvalue weighted by molar-refractivity contribution is 0.184. The summed E-state index contributed by atoms with van der Waals surface area (Å²) in [5.41, 5.74) is 3.16. The summed E-state index contributed by atoms with van der Waals surface area (Å²) in [6.07, 6.45) is 0.762. The predicted molar refractivity (Wildman–Crippen MR) is 108 cm³/mol. The molecule has 1 N–H and O–H groups in total. The third-order valence-electron chi connectivity index (χ3n) is 5.34. The zero-order valence-electron chi connectivity index (χ0n) is 16.2. The standard InChI is InChI=1S/C21H25N3O3S/c1-16-13-19(18-5-3-17(14-22)4-6-18)7-8-21(16)28(26,27)24-10-9-20(15-24)23(2)11-12-25/h3-8,13,20,25H,9-12,15H2,1-2H3. The van der Waals surface area contributed by atoms with Crippen LogP contribution in [0.2, 0.25) is 0 Å². The number of benzene rings is 2. The molecule has 0 aromatic heterocycles. The van der Waals surface area contributed by atoms with Gasteiger partial charge < -0.3 is 5.11 Å². The smallest absolute Gasteiger partial charge is 0.243 e. The van der Waals surface area contributed by atoms with Crippen LogP contribution in [-0.2, 0) is 10.0 Å². The van der Waals surface area contributed by atoms with E-state index in [1.165, 1.54) is 4.31 Å². The number of rotatable bonds is 6. The van der Waals surface area contributed by atoms with Gasteiger partial charge in [-0.15, -0.1) is 0 Å². The number of hydrogen-bond acceptors (Lipinski definition) is 5. The van der Waals surface area contributed by atoms with Crippen molar-refractivity contribution < 1.29 is 13.5 Å². The average molecular weight is 400 g/mol. The van der Waals surface area contributed by atoms with E-state index in [0.717, 1.165) is 17.5 Å². The summed E-state index contributed by atoms with van der Waals surface area (Å²) in [6, 6.07) is 14.8. The van der Waals surface area contributed by atoms with Crippen LogP contribution in [0.5, 0.6) is 0 Å². The molecule has 1 unspecified atom stereocenters. The number of hydrogen-bond donors (Lipinski definition) is 1. The number of aliphatic hydroxyl groups excluding tert-OH is 1. The lowest BCUT2D eigenvalue weighted by Crippen LogP contribution is -2.38. The second-order valence-corrected chi connectivity index (χ2v) is 9.09. The quantitative estimate of drug-likeness (QED) is 0.805. The molecule has 2 aromatic carbocycles. The van der Waals surface area contributed by atoms with Crippen molar-refractivity contribution in [3.05, 3.63) is 53.6 Å². The minimum absolute atomic E-state index is 0.0651. The first kappa shape index (κ1) is 20.5. The Kier molecular flexibility index (Phi) is 6.16. The molecule has 2 aromatic rings. The highest BCUT2D eigenvalue weighted by molar-refractivity contribution is 7.89. The third kappa shape index (κ3) is 4.10. The van der Waals surface area contributed by atoms with E-state index in [0.29, 0.717) is 35.7 Å². The van der Waals surface area contributed by atoms with E-state index in [1.807, 2.05) is 43.1 Å². The molecule has 3 rings (SSSR count). The number of nitriles is 1. The maximum absolute atomic E-state index is 13.1. The van der Waals surface area contributed by atoms with Gasteiger partial charge in [-0.3, -0.25) is 4.90 Å². The molecule has 1 atom stereocenters. The minimum atomic E-state index is -3.56. The molecule has 1 saturated heterocycles. The molecule has 0 amide bonds. The van der Waals surface area contributed by atoms with Gasteiger partial charge in [-0.25, -0.2) is 8.42 Å². The van der Waals surface area contributed by atoms with E-state index in [2.05, 4.69) is 6.07 Å². The molecular weight excluding hydrogens is 374 g/mol. The Balaban J connectivity index is 1.82. The molecule has 0 spiro atoms. The normalized spacial score (nSPS) is 17.8. The number of aryl methyl sites for hydroxylation is 1. The van der Waals surface area contributed by atoms with Crippen LogP contribution in [-0.4, -0.2) is 62.1 Å². The number of likely N-dealkylation sites (N-methyl/N-ethyl adjacent to an activating group) is 1. The van der Waals surface area contributed by atoms with Crippen LogP contribution in [0, 0.1) is 18.3 Å². The summed E-state index contributed by atoms with van der Waals surface area (Å²) >= 11 is 0. The average Bonchev–Trinajstić information content (AvgIpc) is 3.19. The summed E-state index contributed by atoms with van der Waals surface area (Å²) in [4.78, 5) is 2.34. The molecule has 7 heteroatoms. The first-order valence-corrected chi connectivity index (χ1v) is 10.7.